The number of anilines is 3. The molecule has 0 unspecified atom stereocenters. The highest BCUT2D eigenvalue weighted by Crippen LogP contribution is 2.34. The molecule has 0 saturated carbocycles. The summed E-state index contributed by atoms with van der Waals surface area (Å²) in [5, 5.41) is 12.2. The predicted octanol–water partition coefficient (Wildman–Crippen LogP) is 4.57. The van der Waals surface area contributed by atoms with Crippen LogP contribution >= 0.6 is 27.5 Å². The van der Waals surface area contributed by atoms with Crippen molar-refractivity contribution in [3.63, 3.8) is 0 Å². The highest BCUT2D eigenvalue weighted by atomic mass is 79.9. The van der Waals surface area contributed by atoms with Crippen LogP contribution in [0.15, 0.2) is 28.7 Å². The van der Waals surface area contributed by atoms with Crippen molar-refractivity contribution in [2.45, 2.75) is 6.92 Å². The van der Waals surface area contributed by atoms with Gasteiger partial charge >= 0.3 is 5.97 Å². The van der Waals surface area contributed by atoms with Gasteiger partial charge in [-0.1, -0.05) is 11.6 Å². The first-order chi connectivity index (χ1) is 9.79. The van der Waals surface area contributed by atoms with Gasteiger partial charge < -0.3 is 16.2 Å². The lowest BCUT2D eigenvalue weighted by molar-refractivity contribution is 0.0698. The molecule has 4 N–H and O–H groups in total. The van der Waals surface area contributed by atoms with E-state index < -0.39 is 11.8 Å². The Bertz CT molecular complexity index is 737. The predicted molar refractivity (Wildman–Crippen MR) is 84.9 cm³/mol. The van der Waals surface area contributed by atoms with E-state index in [1.54, 1.807) is 13.0 Å². The summed E-state index contributed by atoms with van der Waals surface area (Å²) >= 11 is 9.13. The number of carbonyl (C=O) groups is 1. The van der Waals surface area contributed by atoms with Crippen molar-refractivity contribution in [2.75, 3.05) is 11.1 Å². The summed E-state index contributed by atoms with van der Waals surface area (Å²) in [5.41, 5.74) is 7.07. The number of benzene rings is 2. The fourth-order valence-corrected chi connectivity index (χ4v) is 2.57. The molecule has 0 amide bonds. The van der Waals surface area contributed by atoms with Crippen molar-refractivity contribution < 1.29 is 14.3 Å². The molecule has 0 aliphatic heterocycles. The quantitative estimate of drug-likeness (QED) is 0.689. The number of carboxylic acids is 1. The van der Waals surface area contributed by atoms with Crippen molar-refractivity contribution in [3.8, 4) is 0 Å². The molecule has 0 aromatic heterocycles. The molecular weight excluding hydrogens is 363 g/mol. The van der Waals surface area contributed by atoms with Gasteiger partial charge in [0.05, 0.1) is 20.7 Å². The van der Waals surface area contributed by atoms with Crippen molar-refractivity contribution in [1.29, 1.82) is 0 Å². The third-order valence-corrected chi connectivity index (χ3v) is 3.78. The zero-order chi connectivity index (χ0) is 15.7. The van der Waals surface area contributed by atoms with Crippen molar-refractivity contribution in [1.82, 2.24) is 0 Å². The Morgan fingerprint density at radius 3 is 2.67 bits per heavy atom. The molecule has 0 spiro atoms. The van der Waals surface area contributed by atoms with Crippen LogP contribution in [0.1, 0.15) is 15.9 Å². The normalized spacial score (nSPS) is 10.5. The van der Waals surface area contributed by atoms with Crippen LogP contribution in [0, 0.1) is 12.7 Å². The van der Waals surface area contributed by atoms with E-state index in [1.807, 2.05) is 0 Å². The van der Waals surface area contributed by atoms with Gasteiger partial charge in [0.1, 0.15) is 5.82 Å². The fourth-order valence-electron chi connectivity index (χ4n) is 1.84. The average Bonchev–Trinajstić information content (AvgIpc) is 2.38. The topological polar surface area (TPSA) is 75.3 Å². The number of carboxylic acid groups (broad SMARTS) is 1. The zero-order valence-corrected chi connectivity index (χ0v) is 13.2. The summed E-state index contributed by atoms with van der Waals surface area (Å²) in [6.45, 7) is 1.76. The van der Waals surface area contributed by atoms with Gasteiger partial charge in [-0.2, -0.15) is 0 Å². The van der Waals surface area contributed by atoms with Crippen LogP contribution in [0.2, 0.25) is 5.02 Å². The number of aromatic carboxylic acids is 1. The lowest BCUT2D eigenvalue weighted by Crippen LogP contribution is -2.06. The highest BCUT2D eigenvalue weighted by molar-refractivity contribution is 9.10. The van der Waals surface area contributed by atoms with E-state index in [0.29, 0.717) is 10.2 Å². The molecule has 0 bridgehead atoms. The van der Waals surface area contributed by atoms with Crippen LogP contribution in [-0.2, 0) is 0 Å². The minimum absolute atomic E-state index is 0.0808. The van der Waals surface area contributed by atoms with E-state index in [-0.39, 0.29) is 22.0 Å². The maximum absolute atomic E-state index is 13.6. The van der Waals surface area contributed by atoms with Gasteiger partial charge in [-0.3, -0.25) is 0 Å². The molecule has 4 nitrogen and oxygen atoms in total. The first kappa shape index (κ1) is 15.6. The number of nitrogens with one attached hydrogen (secondary N) is 1. The first-order valence-electron chi connectivity index (χ1n) is 5.84. The van der Waals surface area contributed by atoms with Gasteiger partial charge in [-0.15, -0.1) is 0 Å². The number of rotatable bonds is 3. The van der Waals surface area contributed by atoms with Crippen LogP contribution in [0.25, 0.3) is 0 Å². The van der Waals surface area contributed by atoms with Crippen molar-refractivity contribution >= 4 is 50.6 Å². The summed E-state index contributed by atoms with van der Waals surface area (Å²) < 4.78 is 14.0. The van der Waals surface area contributed by atoms with Crippen LogP contribution in [0.3, 0.4) is 0 Å². The standard InChI is InChI=1S/C14H11BrClFN2O2/c1-6-2-9(15)11(17)5-12(6)19-13-8(14(20)21)3-7(18)4-10(13)16/h2-5,19H,18H2,1H3,(H,20,21). The number of halogens is 3. The number of nitrogens with two attached hydrogens (primary N) is 1. The second-order valence-corrected chi connectivity index (χ2v) is 5.70. The first-order valence-corrected chi connectivity index (χ1v) is 7.01. The van der Waals surface area contributed by atoms with Crippen LogP contribution < -0.4 is 11.1 Å². The average molecular weight is 374 g/mol. The van der Waals surface area contributed by atoms with Gasteiger partial charge in [0, 0.05) is 11.4 Å². The van der Waals surface area contributed by atoms with E-state index in [0.717, 1.165) is 5.56 Å². The maximum Gasteiger partial charge on any atom is 0.337 e. The molecule has 2 rings (SSSR count). The molecule has 0 atom stereocenters. The smallest absolute Gasteiger partial charge is 0.337 e. The van der Waals surface area contributed by atoms with Crippen molar-refractivity contribution in [2.24, 2.45) is 0 Å². The summed E-state index contributed by atoms with van der Waals surface area (Å²) in [4.78, 5) is 11.3. The molecule has 0 aliphatic rings. The van der Waals surface area contributed by atoms with Crippen LogP contribution in [0.5, 0.6) is 0 Å². The molecule has 0 radical (unpaired) electrons. The summed E-state index contributed by atoms with van der Waals surface area (Å²) in [5.74, 6) is -1.64. The number of hydrogen-bond acceptors (Lipinski definition) is 3. The van der Waals surface area contributed by atoms with Gasteiger partial charge in [-0.05, 0) is 52.7 Å². The van der Waals surface area contributed by atoms with Crippen LogP contribution in [0.4, 0.5) is 21.5 Å². The Labute approximate surface area is 133 Å². The fraction of sp³-hybridized carbons (Fsp3) is 0.0714. The molecule has 110 valence electrons. The Morgan fingerprint density at radius 2 is 2.05 bits per heavy atom. The van der Waals surface area contributed by atoms with Gasteiger partial charge in [-0.25, -0.2) is 9.18 Å². The van der Waals surface area contributed by atoms with E-state index in [2.05, 4.69) is 21.2 Å². The summed E-state index contributed by atoms with van der Waals surface area (Å²) in [6.07, 6.45) is 0. The number of nitrogen functional groups attached to an aromatic ring is 1. The van der Waals surface area contributed by atoms with Crippen LogP contribution in [-0.4, -0.2) is 11.1 Å². The lowest BCUT2D eigenvalue weighted by atomic mass is 10.1. The molecule has 7 heteroatoms. The van der Waals surface area contributed by atoms with E-state index in [4.69, 9.17) is 17.3 Å². The van der Waals surface area contributed by atoms with E-state index >= 15 is 0 Å². The Hall–Kier alpha value is -1.79. The van der Waals surface area contributed by atoms with Gasteiger partial charge in [0.15, 0.2) is 0 Å². The number of hydrogen-bond donors (Lipinski definition) is 3. The lowest BCUT2D eigenvalue weighted by Gasteiger charge is -2.15. The Balaban J connectivity index is 2.54. The molecule has 21 heavy (non-hydrogen) atoms. The molecule has 0 saturated heterocycles. The Kier molecular flexibility index (Phi) is 4.39. The second-order valence-electron chi connectivity index (χ2n) is 4.44. The zero-order valence-electron chi connectivity index (χ0n) is 10.9. The molecule has 0 fully saturated rings. The Morgan fingerprint density at radius 1 is 1.38 bits per heavy atom. The molecular formula is C14H11BrClFN2O2. The van der Waals surface area contributed by atoms with Gasteiger partial charge in [0.2, 0.25) is 0 Å². The molecule has 2 aromatic rings. The van der Waals surface area contributed by atoms with Gasteiger partial charge in [0.25, 0.3) is 0 Å². The van der Waals surface area contributed by atoms with E-state index in [9.17, 15) is 14.3 Å². The third-order valence-electron chi connectivity index (χ3n) is 2.87. The largest absolute Gasteiger partial charge is 0.478 e. The molecule has 0 heterocycles. The summed E-state index contributed by atoms with van der Waals surface area (Å²) in [7, 11) is 0. The molecule has 0 aliphatic carbocycles. The highest BCUT2D eigenvalue weighted by Gasteiger charge is 2.16. The minimum atomic E-state index is -1.18. The van der Waals surface area contributed by atoms with E-state index in [1.165, 1.54) is 18.2 Å². The third kappa shape index (κ3) is 3.28. The summed E-state index contributed by atoms with van der Waals surface area (Å²) in [6, 6.07) is 5.57. The second kappa shape index (κ2) is 5.91. The molecule has 2 aromatic carbocycles. The minimum Gasteiger partial charge on any atom is -0.478 e. The maximum atomic E-state index is 13.6. The van der Waals surface area contributed by atoms with Crippen molar-refractivity contribution in [3.05, 3.63) is 50.7 Å². The SMILES string of the molecule is Cc1cc(Br)c(F)cc1Nc1c(Cl)cc(N)cc1C(=O)O. The monoisotopic (exact) mass is 372 g/mol. The number of aryl methyl sites for hydroxylation is 1.